The second-order valence-electron chi connectivity index (χ2n) is 6.56. The van der Waals surface area contributed by atoms with Crippen LogP contribution in [-0.2, 0) is 14.3 Å². The number of ether oxygens (including phenoxy) is 1. The molecule has 0 radical (unpaired) electrons. The van der Waals surface area contributed by atoms with Crippen molar-refractivity contribution < 1.29 is 19.1 Å². The van der Waals surface area contributed by atoms with Crippen molar-refractivity contribution in [3.05, 3.63) is 58.6 Å². The summed E-state index contributed by atoms with van der Waals surface area (Å²) in [5.41, 5.74) is 0.896. The van der Waals surface area contributed by atoms with Gasteiger partial charge in [0, 0.05) is 16.4 Å². The van der Waals surface area contributed by atoms with Crippen molar-refractivity contribution in [1.29, 1.82) is 0 Å². The molecule has 0 heterocycles. The molecule has 142 valence electrons. The molecular formula is C20H21ClN2O4. The molecule has 0 atom stereocenters. The molecule has 0 saturated carbocycles. The average molecular weight is 389 g/mol. The van der Waals surface area contributed by atoms with Crippen molar-refractivity contribution >= 4 is 40.8 Å². The van der Waals surface area contributed by atoms with E-state index in [1.807, 2.05) is 6.92 Å². The van der Waals surface area contributed by atoms with E-state index in [1.54, 1.807) is 30.3 Å². The van der Waals surface area contributed by atoms with Crippen LogP contribution in [0, 0.1) is 12.3 Å². The highest BCUT2D eigenvalue weighted by atomic mass is 35.5. The first-order valence-corrected chi connectivity index (χ1v) is 8.60. The molecule has 27 heavy (non-hydrogen) atoms. The number of halogens is 1. The van der Waals surface area contributed by atoms with Crippen LogP contribution in [0.15, 0.2) is 42.5 Å². The zero-order valence-electron chi connectivity index (χ0n) is 15.6. The summed E-state index contributed by atoms with van der Waals surface area (Å²) in [6.07, 6.45) is 0. The van der Waals surface area contributed by atoms with Gasteiger partial charge in [0.05, 0.1) is 12.7 Å². The average Bonchev–Trinajstić information content (AvgIpc) is 2.63. The van der Waals surface area contributed by atoms with Gasteiger partial charge in [0.2, 0.25) is 11.8 Å². The third-order valence-electron chi connectivity index (χ3n) is 4.14. The Labute approximate surface area is 162 Å². The van der Waals surface area contributed by atoms with E-state index in [9.17, 15) is 14.4 Å². The Morgan fingerprint density at radius 3 is 2.11 bits per heavy atom. The number of rotatable bonds is 5. The van der Waals surface area contributed by atoms with Crippen molar-refractivity contribution in [3.8, 4) is 0 Å². The first-order valence-electron chi connectivity index (χ1n) is 8.22. The standard InChI is InChI=1S/C20H21ClN2O4/c1-12-11-14(21)7-10-16(12)23-19(26)20(2,3)18(25)22-15-8-5-13(6-9-15)17(24)27-4/h5-11H,1-4H3,(H,22,25)(H,23,26). The van der Waals surface area contributed by atoms with Gasteiger partial charge in [0.15, 0.2) is 0 Å². The molecule has 0 fully saturated rings. The number of carbonyl (C=O) groups excluding carboxylic acids is 3. The van der Waals surface area contributed by atoms with Gasteiger partial charge in [-0.3, -0.25) is 9.59 Å². The number of aryl methyl sites for hydroxylation is 1. The normalized spacial score (nSPS) is 10.9. The summed E-state index contributed by atoms with van der Waals surface area (Å²) in [6, 6.07) is 11.3. The number of carbonyl (C=O) groups is 3. The van der Waals surface area contributed by atoms with Gasteiger partial charge in [0.25, 0.3) is 0 Å². The first-order chi connectivity index (χ1) is 12.6. The Bertz CT molecular complexity index is 876. The van der Waals surface area contributed by atoms with E-state index in [0.717, 1.165) is 5.56 Å². The minimum Gasteiger partial charge on any atom is -0.465 e. The quantitative estimate of drug-likeness (QED) is 0.598. The Morgan fingerprint density at radius 2 is 1.56 bits per heavy atom. The Kier molecular flexibility index (Phi) is 6.23. The van der Waals surface area contributed by atoms with Crippen LogP contribution in [-0.4, -0.2) is 24.9 Å². The molecule has 0 bridgehead atoms. The van der Waals surface area contributed by atoms with E-state index in [2.05, 4.69) is 15.4 Å². The maximum atomic E-state index is 12.6. The van der Waals surface area contributed by atoms with Gasteiger partial charge in [-0.05, 0) is 68.8 Å². The second-order valence-corrected chi connectivity index (χ2v) is 7.00. The van der Waals surface area contributed by atoms with Gasteiger partial charge in [-0.2, -0.15) is 0 Å². The topological polar surface area (TPSA) is 84.5 Å². The molecule has 0 unspecified atom stereocenters. The molecule has 0 aliphatic carbocycles. The summed E-state index contributed by atoms with van der Waals surface area (Å²) in [4.78, 5) is 36.7. The van der Waals surface area contributed by atoms with E-state index in [0.29, 0.717) is 22.0 Å². The zero-order chi connectivity index (χ0) is 20.2. The summed E-state index contributed by atoms with van der Waals surface area (Å²) in [5, 5.41) is 6.01. The molecule has 2 aromatic rings. The molecular weight excluding hydrogens is 368 g/mol. The van der Waals surface area contributed by atoms with Gasteiger partial charge >= 0.3 is 5.97 Å². The predicted molar refractivity (Wildman–Crippen MR) is 105 cm³/mol. The fourth-order valence-corrected chi connectivity index (χ4v) is 2.47. The second kappa shape index (κ2) is 8.22. The van der Waals surface area contributed by atoms with Gasteiger partial charge in [-0.1, -0.05) is 11.6 Å². The maximum Gasteiger partial charge on any atom is 0.337 e. The Hall–Kier alpha value is -2.86. The van der Waals surface area contributed by atoms with Crippen molar-refractivity contribution in [2.24, 2.45) is 5.41 Å². The number of hydrogen-bond acceptors (Lipinski definition) is 4. The number of anilines is 2. The van der Waals surface area contributed by atoms with Gasteiger partial charge in [0.1, 0.15) is 5.41 Å². The van der Waals surface area contributed by atoms with Crippen LogP contribution in [0.2, 0.25) is 5.02 Å². The van der Waals surface area contributed by atoms with E-state index in [1.165, 1.54) is 33.1 Å². The molecule has 0 spiro atoms. The summed E-state index contributed by atoms with van der Waals surface area (Å²) < 4.78 is 4.63. The lowest BCUT2D eigenvalue weighted by Gasteiger charge is -2.23. The monoisotopic (exact) mass is 388 g/mol. The first kappa shape index (κ1) is 20.5. The summed E-state index contributed by atoms with van der Waals surface area (Å²) >= 11 is 5.92. The number of nitrogens with one attached hydrogen (secondary N) is 2. The fraction of sp³-hybridized carbons (Fsp3) is 0.250. The number of hydrogen-bond donors (Lipinski definition) is 2. The minimum atomic E-state index is -1.33. The van der Waals surface area contributed by atoms with Crippen LogP contribution in [0.1, 0.15) is 29.8 Å². The molecule has 2 amide bonds. The van der Waals surface area contributed by atoms with Crippen molar-refractivity contribution in [2.45, 2.75) is 20.8 Å². The van der Waals surface area contributed by atoms with Crippen LogP contribution in [0.25, 0.3) is 0 Å². The highest BCUT2D eigenvalue weighted by Gasteiger charge is 2.36. The van der Waals surface area contributed by atoms with Crippen LogP contribution < -0.4 is 10.6 Å². The van der Waals surface area contributed by atoms with Gasteiger partial charge in [-0.25, -0.2) is 4.79 Å². The third kappa shape index (κ3) is 4.86. The summed E-state index contributed by atoms with van der Waals surface area (Å²) in [6.45, 7) is 4.88. The van der Waals surface area contributed by atoms with E-state index >= 15 is 0 Å². The molecule has 0 saturated heterocycles. The SMILES string of the molecule is COC(=O)c1ccc(NC(=O)C(C)(C)C(=O)Nc2ccc(Cl)cc2C)cc1. The van der Waals surface area contributed by atoms with Gasteiger partial charge < -0.3 is 15.4 Å². The van der Waals surface area contributed by atoms with E-state index in [-0.39, 0.29) is 0 Å². The fourth-order valence-electron chi connectivity index (χ4n) is 2.24. The number of benzene rings is 2. The Balaban J connectivity index is 2.09. The summed E-state index contributed by atoms with van der Waals surface area (Å²) in [5.74, 6) is -1.39. The maximum absolute atomic E-state index is 12.6. The van der Waals surface area contributed by atoms with Crippen molar-refractivity contribution in [3.63, 3.8) is 0 Å². The highest BCUT2D eigenvalue weighted by Crippen LogP contribution is 2.25. The highest BCUT2D eigenvalue weighted by molar-refractivity contribution is 6.30. The number of amides is 2. The summed E-state index contributed by atoms with van der Waals surface area (Å²) in [7, 11) is 1.29. The third-order valence-corrected chi connectivity index (χ3v) is 4.37. The lowest BCUT2D eigenvalue weighted by atomic mass is 9.90. The van der Waals surface area contributed by atoms with Crippen molar-refractivity contribution in [1.82, 2.24) is 0 Å². The zero-order valence-corrected chi connectivity index (χ0v) is 16.3. The smallest absolute Gasteiger partial charge is 0.337 e. The predicted octanol–water partition coefficient (Wildman–Crippen LogP) is 4.04. The molecule has 6 nitrogen and oxygen atoms in total. The molecule has 7 heteroatoms. The van der Waals surface area contributed by atoms with Crippen LogP contribution in [0.3, 0.4) is 0 Å². The Morgan fingerprint density at radius 1 is 0.963 bits per heavy atom. The van der Waals surface area contributed by atoms with E-state index < -0.39 is 23.2 Å². The molecule has 0 aliphatic rings. The van der Waals surface area contributed by atoms with Gasteiger partial charge in [-0.15, -0.1) is 0 Å². The van der Waals surface area contributed by atoms with Crippen LogP contribution in [0.5, 0.6) is 0 Å². The molecule has 2 rings (SSSR count). The van der Waals surface area contributed by atoms with Crippen LogP contribution in [0.4, 0.5) is 11.4 Å². The lowest BCUT2D eigenvalue weighted by molar-refractivity contribution is -0.135. The number of esters is 1. The molecule has 2 aromatic carbocycles. The minimum absolute atomic E-state index is 0.366. The molecule has 2 N–H and O–H groups in total. The van der Waals surface area contributed by atoms with Crippen LogP contribution >= 0.6 is 11.6 Å². The van der Waals surface area contributed by atoms with E-state index in [4.69, 9.17) is 11.6 Å². The largest absolute Gasteiger partial charge is 0.465 e. The molecule has 0 aromatic heterocycles. The van der Waals surface area contributed by atoms with Crippen molar-refractivity contribution in [2.75, 3.05) is 17.7 Å². The molecule has 0 aliphatic heterocycles. The lowest BCUT2D eigenvalue weighted by Crippen LogP contribution is -2.41. The number of methoxy groups -OCH3 is 1.